The van der Waals surface area contributed by atoms with Crippen LogP contribution in [-0.2, 0) is 5.41 Å². The third kappa shape index (κ3) is 6.22. The van der Waals surface area contributed by atoms with Gasteiger partial charge in [0.1, 0.15) is 0 Å². The van der Waals surface area contributed by atoms with E-state index in [1.807, 2.05) is 0 Å². The maximum Gasteiger partial charge on any atom is 0.241 e. The van der Waals surface area contributed by atoms with E-state index in [9.17, 15) is 0 Å². The fourth-order valence-corrected chi connectivity index (χ4v) is 18.4. The predicted octanol–water partition coefficient (Wildman–Crippen LogP) is 12.0. The van der Waals surface area contributed by atoms with E-state index in [-0.39, 0.29) is 6.71 Å². The molecule has 0 saturated heterocycles. The summed E-state index contributed by atoms with van der Waals surface area (Å²) in [6.45, 7) is 18.9. The van der Waals surface area contributed by atoms with Crippen molar-refractivity contribution in [1.29, 1.82) is 0 Å². The molecule has 0 saturated carbocycles. The smallest absolute Gasteiger partial charge is 0.241 e. The first-order chi connectivity index (χ1) is 33.5. The van der Waals surface area contributed by atoms with E-state index in [0.717, 1.165) is 0 Å². The normalized spacial score (nSPS) is 14.7. The minimum Gasteiger partial charge on any atom is -0.310 e. The molecule has 1 nitrogen and oxygen atoms in total. The molecule has 0 fully saturated rings. The second-order valence-electron chi connectivity index (χ2n) is 21.1. The number of anilines is 3. The van der Waals surface area contributed by atoms with Gasteiger partial charge in [-0.25, -0.2) is 0 Å². The van der Waals surface area contributed by atoms with Crippen LogP contribution in [0.3, 0.4) is 0 Å². The summed E-state index contributed by atoms with van der Waals surface area (Å²) in [7, 11) is -3.02. The van der Waals surface area contributed by atoms with E-state index in [0.29, 0.717) is 17.8 Å². The molecule has 2 aliphatic heterocycles. The van der Waals surface area contributed by atoms with Crippen LogP contribution in [0.4, 0.5) is 17.1 Å². The van der Waals surface area contributed by atoms with Crippen molar-refractivity contribution in [3.63, 3.8) is 0 Å². The van der Waals surface area contributed by atoms with Crippen molar-refractivity contribution < 1.29 is 0 Å². The highest BCUT2D eigenvalue weighted by Gasteiger charge is 2.54. The van der Waals surface area contributed by atoms with Gasteiger partial charge in [0.05, 0.1) is 16.8 Å². The van der Waals surface area contributed by atoms with E-state index in [4.69, 9.17) is 0 Å². The molecule has 1 aliphatic carbocycles. The van der Waals surface area contributed by atoms with Gasteiger partial charge in [0.15, 0.2) is 8.07 Å². The van der Waals surface area contributed by atoms with Crippen molar-refractivity contribution in [2.45, 2.75) is 78.6 Å². The van der Waals surface area contributed by atoms with Gasteiger partial charge in [0.2, 0.25) is 6.71 Å². The zero-order chi connectivity index (χ0) is 47.3. The minimum atomic E-state index is -3.02. The molecule has 0 aromatic heterocycles. The lowest BCUT2D eigenvalue weighted by molar-refractivity contribution is 0.750. The van der Waals surface area contributed by atoms with Crippen LogP contribution in [0.25, 0.3) is 11.1 Å². The Labute approximate surface area is 411 Å². The van der Waals surface area contributed by atoms with E-state index >= 15 is 0 Å². The van der Waals surface area contributed by atoms with Gasteiger partial charge >= 0.3 is 0 Å². The van der Waals surface area contributed by atoms with Crippen molar-refractivity contribution in [1.82, 2.24) is 0 Å². The Balaban J connectivity index is 1.21. The Bertz CT molecular complexity index is 3310. The number of benzene rings is 9. The summed E-state index contributed by atoms with van der Waals surface area (Å²) in [6, 6.07) is 78.4. The number of fused-ring (bicyclic) bond motifs is 11. The molecule has 0 bridgehead atoms. The van der Waals surface area contributed by atoms with Gasteiger partial charge in [-0.1, -0.05) is 245 Å². The number of aryl methyl sites for hydroxylation is 2. The molecule has 0 amide bonds. The van der Waals surface area contributed by atoms with Crippen LogP contribution in [0.2, 0.25) is 0 Å². The molecule has 9 aromatic carbocycles. The van der Waals surface area contributed by atoms with Gasteiger partial charge in [-0.05, 0) is 127 Å². The fourth-order valence-electron chi connectivity index (χ4n) is 13.1. The van der Waals surface area contributed by atoms with Crippen LogP contribution in [0.15, 0.2) is 200 Å². The molecule has 0 unspecified atom stereocenters. The Morgan fingerprint density at radius 2 is 0.899 bits per heavy atom. The molecule has 3 heteroatoms. The summed E-state index contributed by atoms with van der Waals surface area (Å²) < 4.78 is 0. The standard InChI is InChI=1S/C66H60BNSi/c1-42(2)47-39-53(43(3)4)65(54(40-47)44(5)6)67-59-29-19-20-30-63(59)69(49-21-11-9-12-22-49,50-23-13-10-14-24-50)64-41-48(33-34-60(64)67)68-61-35-31-45(7)37-57(61)66(58-38-46(8)32-36-62(58)68)55-27-17-15-25-51(55)52-26-16-18-28-56(52)66/h9-44H,1-8H3. The van der Waals surface area contributed by atoms with Gasteiger partial charge < -0.3 is 4.90 Å². The zero-order valence-corrected chi connectivity index (χ0v) is 42.3. The number of hydrogen-bond acceptors (Lipinski definition) is 1. The second kappa shape index (κ2) is 16.4. The molecule has 0 atom stereocenters. The van der Waals surface area contributed by atoms with Gasteiger partial charge in [0, 0.05) is 5.69 Å². The predicted molar refractivity (Wildman–Crippen MR) is 298 cm³/mol. The first-order valence-corrected chi connectivity index (χ1v) is 27.3. The Morgan fingerprint density at radius 3 is 1.42 bits per heavy atom. The van der Waals surface area contributed by atoms with Gasteiger partial charge in [-0.3, -0.25) is 0 Å². The SMILES string of the molecule is Cc1ccc2c(c1)C1(c3ccccc3-c3ccccc31)c1cc(C)ccc1N2c1ccc2c(c1)[Si](c1ccccc1)(c1ccccc1)c1ccccc1B2c1c(C(C)C)cc(C(C)C)cc1C(C)C. The maximum absolute atomic E-state index is 3.02. The van der Waals surface area contributed by atoms with Crippen molar-refractivity contribution in [3.05, 3.63) is 250 Å². The molecule has 12 rings (SSSR count). The summed E-state index contributed by atoms with van der Waals surface area (Å²) in [5, 5.41) is 5.77. The van der Waals surface area contributed by atoms with Gasteiger partial charge in [-0.15, -0.1) is 0 Å². The van der Waals surface area contributed by atoms with Crippen LogP contribution >= 0.6 is 0 Å². The highest BCUT2D eigenvalue weighted by atomic mass is 28.3. The largest absolute Gasteiger partial charge is 0.310 e. The van der Waals surface area contributed by atoms with Crippen LogP contribution in [0.1, 0.15) is 109 Å². The van der Waals surface area contributed by atoms with E-state index < -0.39 is 13.5 Å². The van der Waals surface area contributed by atoms with Crippen LogP contribution in [0.5, 0.6) is 0 Å². The lowest BCUT2D eigenvalue weighted by Crippen LogP contribution is -2.86. The summed E-state index contributed by atoms with van der Waals surface area (Å²) >= 11 is 0. The molecule has 3 aliphatic rings. The van der Waals surface area contributed by atoms with Crippen LogP contribution < -0.4 is 42.0 Å². The summed E-state index contributed by atoms with van der Waals surface area (Å²) in [4.78, 5) is 2.62. The summed E-state index contributed by atoms with van der Waals surface area (Å²) in [5.41, 5.74) is 22.5. The van der Waals surface area contributed by atoms with Crippen LogP contribution in [0, 0.1) is 13.8 Å². The van der Waals surface area contributed by atoms with Crippen molar-refractivity contribution in [2.75, 3.05) is 4.90 Å². The van der Waals surface area contributed by atoms with Crippen molar-refractivity contribution in [2.24, 2.45) is 0 Å². The molecule has 2 heterocycles. The number of nitrogens with zero attached hydrogens (tertiary/aromatic N) is 1. The monoisotopic (exact) mass is 905 g/mol. The highest BCUT2D eigenvalue weighted by molar-refractivity contribution is 7.26. The Kier molecular flexibility index (Phi) is 10.3. The zero-order valence-electron chi connectivity index (χ0n) is 41.3. The summed E-state index contributed by atoms with van der Waals surface area (Å²) in [5.74, 6) is 1.14. The first-order valence-electron chi connectivity index (χ1n) is 25.3. The molecular weight excluding hydrogens is 846 g/mol. The number of hydrogen-bond donors (Lipinski definition) is 0. The van der Waals surface area contributed by atoms with E-state index in [1.165, 1.54) is 115 Å². The van der Waals surface area contributed by atoms with E-state index in [1.54, 1.807) is 0 Å². The van der Waals surface area contributed by atoms with Gasteiger partial charge in [0.25, 0.3) is 0 Å². The summed E-state index contributed by atoms with van der Waals surface area (Å²) in [6.07, 6.45) is 0. The average molecular weight is 906 g/mol. The average Bonchev–Trinajstić information content (AvgIpc) is 3.66. The van der Waals surface area contributed by atoms with Crippen LogP contribution in [-0.4, -0.2) is 14.8 Å². The Morgan fingerprint density at radius 1 is 0.420 bits per heavy atom. The van der Waals surface area contributed by atoms with Gasteiger partial charge in [-0.2, -0.15) is 0 Å². The van der Waals surface area contributed by atoms with E-state index in [2.05, 4.69) is 260 Å². The lowest BCUT2D eigenvalue weighted by Gasteiger charge is -2.47. The number of rotatable bonds is 7. The molecule has 336 valence electrons. The third-order valence-corrected chi connectivity index (χ3v) is 21.0. The van der Waals surface area contributed by atoms with Crippen molar-refractivity contribution >= 4 is 69.0 Å². The molecule has 1 spiro atoms. The third-order valence-electron chi connectivity index (χ3n) is 16.1. The lowest BCUT2D eigenvalue weighted by atomic mass is 9.34. The van der Waals surface area contributed by atoms with Crippen molar-refractivity contribution in [3.8, 4) is 11.1 Å². The Hall–Kier alpha value is -6.94. The maximum atomic E-state index is 2.67. The molecular formula is C66H60BNSi. The fraction of sp³-hybridized carbons (Fsp3) is 0.182. The molecule has 0 N–H and O–H groups in total. The minimum absolute atomic E-state index is 0.0512. The second-order valence-corrected chi connectivity index (χ2v) is 24.8. The highest BCUT2D eigenvalue weighted by Crippen LogP contribution is 2.63. The molecule has 69 heavy (non-hydrogen) atoms. The molecule has 0 radical (unpaired) electrons. The molecule has 9 aromatic rings. The first kappa shape index (κ1) is 43.3. The quantitative estimate of drug-likeness (QED) is 0.144. The topological polar surface area (TPSA) is 3.24 Å².